The van der Waals surface area contributed by atoms with Gasteiger partial charge in [-0.1, -0.05) is 30.4 Å². The summed E-state index contributed by atoms with van der Waals surface area (Å²) in [7, 11) is 0. The van der Waals surface area contributed by atoms with Gasteiger partial charge >= 0.3 is 5.97 Å². The van der Waals surface area contributed by atoms with Crippen LogP contribution in [0.5, 0.6) is 0 Å². The molecule has 2 fully saturated rings. The van der Waals surface area contributed by atoms with Crippen LogP contribution in [0.1, 0.15) is 16.8 Å². The minimum Gasteiger partial charge on any atom is -0.452 e. The van der Waals surface area contributed by atoms with Crippen LogP contribution in [0.15, 0.2) is 66.7 Å². The summed E-state index contributed by atoms with van der Waals surface area (Å²) in [4.78, 5) is 51.2. The Labute approximate surface area is 178 Å². The van der Waals surface area contributed by atoms with E-state index in [2.05, 4.69) is 5.32 Å². The lowest BCUT2D eigenvalue weighted by atomic mass is 9.85. The van der Waals surface area contributed by atoms with E-state index in [9.17, 15) is 19.2 Å². The molecule has 5 rings (SSSR count). The number of nitrogens with zero attached hydrogens (tertiary/aromatic N) is 1. The van der Waals surface area contributed by atoms with Gasteiger partial charge in [-0.3, -0.25) is 19.3 Å². The number of para-hydroxylation sites is 1. The molecule has 7 nitrogen and oxygen atoms in total. The van der Waals surface area contributed by atoms with Crippen molar-refractivity contribution in [1.29, 1.82) is 0 Å². The summed E-state index contributed by atoms with van der Waals surface area (Å²) in [5.74, 6) is -1.68. The number of amides is 3. The van der Waals surface area contributed by atoms with Gasteiger partial charge in [-0.05, 0) is 54.7 Å². The van der Waals surface area contributed by atoms with Crippen molar-refractivity contribution in [3.63, 3.8) is 0 Å². The molecule has 1 N–H and O–H groups in total. The van der Waals surface area contributed by atoms with Gasteiger partial charge < -0.3 is 10.1 Å². The fourth-order valence-corrected chi connectivity index (χ4v) is 4.84. The minimum atomic E-state index is -0.659. The Morgan fingerprint density at radius 2 is 1.52 bits per heavy atom. The highest BCUT2D eigenvalue weighted by atomic mass is 16.5. The standard InChI is InChI=1S/C24H20N2O5/c27-19(25-17-4-2-1-3-5-17)13-31-24(30)14-8-10-18(11-9-14)26-22(28)20-15-6-7-16(12-15)21(20)23(26)29/h1-11,15-16,20-21H,12-13H2,(H,25,27)/t15-,16-,20-,21+/m0/s1. The third-order valence-corrected chi connectivity index (χ3v) is 6.22. The highest BCUT2D eigenvalue weighted by Gasteiger charge is 2.59. The molecule has 1 saturated carbocycles. The molecule has 2 bridgehead atoms. The van der Waals surface area contributed by atoms with Crippen LogP contribution in [0.25, 0.3) is 0 Å². The molecular formula is C24H20N2O5. The Balaban J connectivity index is 1.21. The van der Waals surface area contributed by atoms with Crippen LogP contribution in [-0.4, -0.2) is 30.3 Å². The first-order valence-electron chi connectivity index (χ1n) is 10.2. The average Bonchev–Trinajstić information content (AvgIpc) is 3.47. The summed E-state index contributed by atoms with van der Waals surface area (Å²) in [6, 6.07) is 15.0. The first-order valence-corrected chi connectivity index (χ1v) is 10.2. The Bertz CT molecular complexity index is 1060. The van der Waals surface area contributed by atoms with Gasteiger partial charge in [0.15, 0.2) is 6.61 Å². The summed E-state index contributed by atoms with van der Waals surface area (Å²) in [5.41, 5.74) is 1.29. The third kappa shape index (κ3) is 3.32. The Hall–Kier alpha value is -3.74. The maximum Gasteiger partial charge on any atom is 0.338 e. The van der Waals surface area contributed by atoms with Crippen molar-refractivity contribution in [3.8, 4) is 0 Å². The van der Waals surface area contributed by atoms with Crippen LogP contribution in [0.2, 0.25) is 0 Å². The molecule has 1 heterocycles. The van der Waals surface area contributed by atoms with Gasteiger partial charge in [0.05, 0.1) is 23.1 Å². The fourth-order valence-electron chi connectivity index (χ4n) is 4.84. The zero-order valence-corrected chi connectivity index (χ0v) is 16.6. The molecule has 2 aromatic carbocycles. The number of fused-ring (bicyclic) bond motifs is 5. The number of esters is 1. The Kier molecular flexibility index (Phi) is 4.66. The predicted octanol–water partition coefficient (Wildman–Crippen LogP) is 2.79. The molecule has 156 valence electrons. The summed E-state index contributed by atoms with van der Waals surface area (Å²) < 4.78 is 5.06. The molecule has 1 aliphatic heterocycles. The summed E-state index contributed by atoms with van der Waals surface area (Å²) in [6.45, 7) is -0.419. The summed E-state index contributed by atoms with van der Waals surface area (Å²) in [6.07, 6.45) is 4.98. The zero-order valence-electron chi connectivity index (χ0n) is 16.6. The first-order chi connectivity index (χ1) is 15.0. The van der Waals surface area contributed by atoms with Gasteiger partial charge in [0.2, 0.25) is 11.8 Å². The topological polar surface area (TPSA) is 92.8 Å². The molecule has 2 aromatic rings. The largest absolute Gasteiger partial charge is 0.452 e. The first kappa shape index (κ1) is 19.2. The van der Waals surface area contributed by atoms with E-state index < -0.39 is 18.5 Å². The number of rotatable bonds is 5. The highest BCUT2D eigenvalue weighted by Crippen LogP contribution is 2.53. The second kappa shape index (κ2) is 7.50. The molecule has 7 heteroatoms. The number of imide groups is 1. The third-order valence-electron chi connectivity index (χ3n) is 6.22. The lowest BCUT2D eigenvalue weighted by molar-refractivity contribution is -0.123. The molecule has 0 unspecified atom stereocenters. The molecule has 0 radical (unpaired) electrons. The van der Waals surface area contributed by atoms with E-state index in [1.54, 1.807) is 36.4 Å². The van der Waals surface area contributed by atoms with Crippen LogP contribution in [0.4, 0.5) is 11.4 Å². The molecule has 4 atom stereocenters. The van der Waals surface area contributed by atoms with Gasteiger partial charge in [0.1, 0.15) is 0 Å². The van der Waals surface area contributed by atoms with Crippen molar-refractivity contribution in [1.82, 2.24) is 0 Å². The van der Waals surface area contributed by atoms with E-state index in [-0.39, 0.29) is 41.0 Å². The SMILES string of the molecule is O=C(COC(=O)c1ccc(N2C(=O)[C@@H]3[C@H](C2=O)[C@H]2C=C[C@H]3C2)cc1)Nc1ccccc1. The molecule has 3 amide bonds. The monoisotopic (exact) mass is 416 g/mol. The average molecular weight is 416 g/mol. The van der Waals surface area contributed by atoms with Crippen LogP contribution >= 0.6 is 0 Å². The van der Waals surface area contributed by atoms with Crippen molar-refractivity contribution < 1.29 is 23.9 Å². The zero-order chi connectivity index (χ0) is 21.5. The quantitative estimate of drug-likeness (QED) is 0.460. The molecular weight excluding hydrogens is 396 g/mol. The van der Waals surface area contributed by atoms with Gasteiger partial charge in [0.25, 0.3) is 5.91 Å². The van der Waals surface area contributed by atoms with E-state index in [1.165, 1.54) is 17.0 Å². The molecule has 1 saturated heterocycles. The second-order valence-electron chi connectivity index (χ2n) is 8.05. The van der Waals surface area contributed by atoms with E-state index in [0.29, 0.717) is 11.4 Å². The smallest absolute Gasteiger partial charge is 0.338 e. The van der Waals surface area contributed by atoms with Gasteiger partial charge in [-0.2, -0.15) is 0 Å². The lowest BCUT2D eigenvalue weighted by Crippen LogP contribution is -2.32. The number of anilines is 2. The van der Waals surface area contributed by atoms with Crippen molar-refractivity contribution in [2.24, 2.45) is 23.7 Å². The molecule has 3 aliphatic rings. The van der Waals surface area contributed by atoms with Crippen molar-refractivity contribution in [2.45, 2.75) is 6.42 Å². The number of carbonyl (C=O) groups is 4. The van der Waals surface area contributed by atoms with Crippen LogP contribution in [0.3, 0.4) is 0 Å². The molecule has 0 aromatic heterocycles. The predicted molar refractivity (Wildman–Crippen MR) is 112 cm³/mol. The molecule has 2 aliphatic carbocycles. The van der Waals surface area contributed by atoms with Gasteiger partial charge in [-0.25, -0.2) is 4.79 Å². The van der Waals surface area contributed by atoms with E-state index in [1.807, 2.05) is 18.2 Å². The molecule has 31 heavy (non-hydrogen) atoms. The summed E-state index contributed by atoms with van der Waals surface area (Å²) in [5, 5.41) is 2.63. The van der Waals surface area contributed by atoms with Crippen molar-refractivity contribution in [3.05, 3.63) is 72.3 Å². The van der Waals surface area contributed by atoms with Crippen LogP contribution in [0, 0.1) is 23.7 Å². The number of hydrogen-bond donors (Lipinski definition) is 1. The van der Waals surface area contributed by atoms with Gasteiger partial charge in [0, 0.05) is 5.69 Å². The van der Waals surface area contributed by atoms with Crippen molar-refractivity contribution in [2.75, 3.05) is 16.8 Å². The molecule has 0 spiro atoms. The van der Waals surface area contributed by atoms with E-state index in [0.717, 1.165) is 6.42 Å². The second-order valence-corrected chi connectivity index (χ2v) is 8.05. The summed E-state index contributed by atoms with van der Waals surface area (Å²) >= 11 is 0. The van der Waals surface area contributed by atoms with Crippen LogP contribution < -0.4 is 10.2 Å². The maximum absolute atomic E-state index is 12.9. The minimum absolute atomic E-state index is 0.146. The van der Waals surface area contributed by atoms with Crippen LogP contribution in [-0.2, 0) is 19.1 Å². The Morgan fingerprint density at radius 1 is 0.903 bits per heavy atom. The number of allylic oxidation sites excluding steroid dienone is 2. The highest BCUT2D eigenvalue weighted by molar-refractivity contribution is 6.22. The normalized spacial score (nSPS) is 25.6. The Morgan fingerprint density at radius 3 is 2.13 bits per heavy atom. The van der Waals surface area contributed by atoms with Gasteiger partial charge in [-0.15, -0.1) is 0 Å². The number of carbonyl (C=O) groups excluding carboxylic acids is 4. The fraction of sp³-hybridized carbons (Fsp3) is 0.250. The van der Waals surface area contributed by atoms with E-state index in [4.69, 9.17) is 4.74 Å². The number of nitrogens with one attached hydrogen (secondary N) is 1. The lowest BCUT2D eigenvalue weighted by Gasteiger charge is -2.17. The number of hydrogen-bond acceptors (Lipinski definition) is 5. The number of benzene rings is 2. The van der Waals surface area contributed by atoms with Crippen molar-refractivity contribution >= 4 is 35.1 Å². The van der Waals surface area contributed by atoms with E-state index >= 15 is 0 Å². The number of ether oxygens (including phenoxy) is 1. The maximum atomic E-state index is 12.9.